The summed E-state index contributed by atoms with van der Waals surface area (Å²) in [5.74, 6) is -2.35. The first kappa shape index (κ1) is 19.8. The zero-order chi connectivity index (χ0) is 19.3. The summed E-state index contributed by atoms with van der Waals surface area (Å²) in [4.78, 5) is 38.3. The molecule has 0 saturated heterocycles. The van der Waals surface area contributed by atoms with E-state index in [0.717, 1.165) is 16.5 Å². The molecule has 3 atom stereocenters. The Kier molecular flexibility index (Phi) is 6.64. The van der Waals surface area contributed by atoms with Gasteiger partial charge in [0.25, 0.3) is 0 Å². The van der Waals surface area contributed by atoms with Crippen LogP contribution in [0.5, 0.6) is 0 Å². The van der Waals surface area contributed by atoms with Crippen LogP contribution < -0.4 is 16.4 Å². The van der Waals surface area contributed by atoms with Crippen molar-refractivity contribution in [3.8, 4) is 0 Å². The summed E-state index contributed by atoms with van der Waals surface area (Å²) in [5.41, 5.74) is 7.82. The van der Waals surface area contributed by atoms with Crippen molar-refractivity contribution in [3.63, 3.8) is 0 Å². The van der Waals surface area contributed by atoms with Crippen molar-refractivity contribution in [3.05, 3.63) is 36.0 Å². The van der Waals surface area contributed by atoms with Gasteiger partial charge in [-0.1, -0.05) is 18.2 Å². The maximum Gasteiger partial charge on any atom is 0.327 e. The lowest BCUT2D eigenvalue weighted by Crippen LogP contribution is -2.54. The zero-order valence-electron chi connectivity index (χ0n) is 14.2. The van der Waals surface area contributed by atoms with E-state index >= 15 is 0 Å². The molecular formula is C17H22N4O4S. The minimum atomic E-state index is -1.19. The predicted molar refractivity (Wildman–Crippen MR) is 101 cm³/mol. The number of hydrogen-bond acceptors (Lipinski definition) is 5. The number of nitrogens with two attached hydrogens (primary N) is 1. The number of carbonyl (C=O) groups is 3. The smallest absolute Gasteiger partial charge is 0.327 e. The summed E-state index contributed by atoms with van der Waals surface area (Å²) in [6, 6.07) is 4.79. The van der Waals surface area contributed by atoms with Gasteiger partial charge in [0.05, 0.1) is 6.04 Å². The van der Waals surface area contributed by atoms with Crippen molar-refractivity contribution in [1.29, 1.82) is 0 Å². The maximum absolute atomic E-state index is 12.3. The van der Waals surface area contributed by atoms with Crippen LogP contribution in [0.2, 0.25) is 0 Å². The van der Waals surface area contributed by atoms with Gasteiger partial charge in [-0.3, -0.25) is 9.59 Å². The van der Waals surface area contributed by atoms with Crippen LogP contribution in [0.1, 0.15) is 12.5 Å². The third-order valence-corrected chi connectivity index (χ3v) is 4.37. The fourth-order valence-electron chi connectivity index (χ4n) is 2.50. The molecule has 0 bridgehead atoms. The highest BCUT2D eigenvalue weighted by Crippen LogP contribution is 2.18. The standard InChI is InChI=1S/C17H22N4O4S/c1-9(15(22)21-14(8-26)17(24)25)20-16(23)12(18)6-10-7-19-13-5-3-2-4-11(10)13/h2-5,7,9,12,14,19,26H,6,8,18H2,1H3,(H,20,23)(H,21,22)(H,24,25)/t9-,12-,14-/m0/s1. The minimum Gasteiger partial charge on any atom is -0.480 e. The first-order valence-corrected chi connectivity index (χ1v) is 8.71. The molecule has 1 aromatic carbocycles. The number of amides is 2. The molecule has 0 unspecified atom stereocenters. The molecule has 0 fully saturated rings. The first-order valence-electron chi connectivity index (χ1n) is 8.08. The van der Waals surface area contributed by atoms with Crippen LogP contribution in [0.15, 0.2) is 30.5 Å². The molecule has 140 valence electrons. The van der Waals surface area contributed by atoms with E-state index in [1.54, 1.807) is 6.20 Å². The third kappa shape index (κ3) is 4.77. The predicted octanol–water partition coefficient (Wildman–Crippen LogP) is 0.0416. The van der Waals surface area contributed by atoms with Crippen LogP contribution >= 0.6 is 12.6 Å². The van der Waals surface area contributed by atoms with Crippen LogP contribution in [0.25, 0.3) is 10.9 Å². The highest BCUT2D eigenvalue weighted by molar-refractivity contribution is 7.80. The minimum absolute atomic E-state index is 0.0538. The number of fused-ring (bicyclic) bond motifs is 1. The van der Waals surface area contributed by atoms with Gasteiger partial charge in [0.1, 0.15) is 12.1 Å². The fourth-order valence-corrected chi connectivity index (χ4v) is 2.75. The van der Waals surface area contributed by atoms with Gasteiger partial charge in [-0.2, -0.15) is 12.6 Å². The molecule has 9 heteroatoms. The molecular weight excluding hydrogens is 356 g/mol. The van der Waals surface area contributed by atoms with Crippen LogP contribution in [0.3, 0.4) is 0 Å². The molecule has 26 heavy (non-hydrogen) atoms. The van der Waals surface area contributed by atoms with Crippen LogP contribution in [0, 0.1) is 0 Å². The second-order valence-electron chi connectivity index (χ2n) is 5.98. The van der Waals surface area contributed by atoms with E-state index in [1.807, 2.05) is 24.3 Å². The number of aliphatic carboxylic acids is 1. The van der Waals surface area contributed by atoms with Crippen molar-refractivity contribution < 1.29 is 19.5 Å². The molecule has 6 N–H and O–H groups in total. The molecule has 2 amide bonds. The Balaban J connectivity index is 1.93. The van der Waals surface area contributed by atoms with Crippen molar-refractivity contribution in [2.45, 2.75) is 31.5 Å². The van der Waals surface area contributed by atoms with E-state index in [0.29, 0.717) is 6.42 Å². The third-order valence-electron chi connectivity index (χ3n) is 4.00. The molecule has 1 aromatic heterocycles. The Morgan fingerprint density at radius 1 is 1.23 bits per heavy atom. The number of benzene rings is 1. The monoisotopic (exact) mass is 378 g/mol. The van der Waals surface area contributed by atoms with Gasteiger partial charge < -0.3 is 26.5 Å². The maximum atomic E-state index is 12.3. The highest BCUT2D eigenvalue weighted by Gasteiger charge is 2.24. The molecule has 0 spiro atoms. The average Bonchev–Trinajstić information content (AvgIpc) is 3.02. The quantitative estimate of drug-likeness (QED) is 0.360. The summed E-state index contributed by atoms with van der Waals surface area (Å²) >= 11 is 3.87. The Morgan fingerprint density at radius 2 is 1.92 bits per heavy atom. The van der Waals surface area contributed by atoms with Crippen molar-refractivity contribution in [2.24, 2.45) is 5.73 Å². The van der Waals surface area contributed by atoms with Crippen LogP contribution in [-0.4, -0.2) is 51.8 Å². The largest absolute Gasteiger partial charge is 0.480 e. The molecule has 0 aliphatic heterocycles. The molecule has 0 aliphatic rings. The van der Waals surface area contributed by atoms with Gasteiger partial charge in [-0.25, -0.2) is 4.79 Å². The van der Waals surface area contributed by atoms with Crippen molar-refractivity contribution in [1.82, 2.24) is 15.6 Å². The van der Waals surface area contributed by atoms with Crippen molar-refractivity contribution >= 4 is 41.3 Å². The topological polar surface area (TPSA) is 137 Å². The van der Waals surface area contributed by atoms with Gasteiger partial charge in [0.2, 0.25) is 11.8 Å². The number of para-hydroxylation sites is 1. The number of carboxylic acid groups (broad SMARTS) is 1. The van der Waals surface area contributed by atoms with Gasteiger partial charge >= 0.3 is 5.97 Å². The highest BCUT2D eigenvalue weighted by atomic mass is 32.1. The summed E-state index contributed by atoms with van der Waals surface area (Å²) in [6.45, 7) is 1.46. The normalized spacial score (nSPS) is 14.4. The SMILES string of the molecule is C[C@H](NC(=O)[C@@H](N)Cc1c[nH]c2ccccc12)C(=O)N[C@@H](CS)C(=O)O. The number of rotatable bonds is 8. The summed E-state index contributed by atoms with van der Waals surface area (Å²) in [7, 11) is 0. The number of nitrogens with one attached hydrogen (secondary N) is 3. The van der Waals surface area contributed by atoms with Crippen LogP contribution in [0.4, 0.5) is 0 Å². The van der Waals surface area contributed by atoms with Gasteiger partial charge in [-0.15, -0.1) is 0 Å². The number of hydrogen-bond donors (Lipinski definition) is 6. The molecule has 1 heterocycles. The number of carbonyl (C=O) groups excluding carboxylic acids is 2. The van der Waals surface area contributed by atoms with E-state index in [1.165, 1.54) is 6.92 Å². The number of H-pyrrole nitrogens is 1. The number of aromatic amines is 1. The Morgan fingerprint density at radius 3 is 2.58 bits per heavy atom. The lowest BCUT2D eigenvalue weighted by Gasteiger charge is -2.19. The lowest BCUT2D eigenvalue weighted by molar-refractivity contribution is -0.141. The van der Waals surface area contributed by atoms with Crippen molar-refractivity contribution in [2.75, 3.05) is 5.75 Å². The number of thiol groups is 1. The summed E-state index contributed by atoms with van der Waals surface area (Å²) in [5, 5.41) is 14.7. The van der Waals surface area contributed by atoms with Gasteiger partial charge in [0.15, 0.2) is 0 Å². The molecule has 0 radical (unpaired) electrons. The van der Waals surface area contributed by atoms with Gasteiger partial charge in [-0.05, 0) is 25.0 Å². The van der Waals surface area contributed by atoms with E-state index in [9.17, 15) is 14.4 Å². The first-order chi connectivity index (χ1) is 12.3. The molecule has 0 saturated carbocycles. The average molecular weight is 378 g/mol. The van der Waals surface area contributed by atoms with E-state index < -0.39 is 35.9 Å². The molecule has 8 nitrogen and oxygen atoms in total. The second-order valence-corrected chi connectivity index (χ2v) is 6.35. The molecule has 2 rings (SSSR count). The Labute approximate surface area is 155 Å². The van der Waals surface area contributed by atoms with Crippen LogP contribution in [-0.2, 0) is 20.8 Å². The zero-order valence-corrected chi connectivity index (χ0v) is 15.1. The molecule has 0 aliphatic carbocycles. The van der Waals surface area contributed by atoms with Gasteiger partial charge in [0, 0.05) is 22.9 Å². The lowest BCUT2D eigenvalue weighted by atomic mass is 10.0. The fraction of sp³-hybridized carbons (Fsp3) is 0.353. The Bertz CT molecular complexity index is 807. The number of aromatic nitrogens is 1. The number of carboxylic acids is 1. The van der Waals surface area contributed by atoms with E-state index in [2.05, 4.69) is 28.2 Å². The molecule has 2 aromatic rings. The summed E-state index contributed by atoms with van der Waals surface area (Å²) < 4.78 is 0. The van der Waals surface area contributed by atoms with E-state index in [4.69, 9.17) is 10.8 Å². The second kappa shape index (κ2) is 8.72. The Hall–Kier alpha value is -2.52. The summed E-state index contributed by atoms with van der Waals surface area (Å²) in [6.07, 6.45) is 2.11. The van der Waals surface area contributed by atoms with E-state index in [-0.39, 0.29) is 5.75 Å².